The zero-order valence-electron chi connectivity index (χ0n) is 12.5. The van der Waals surface area contributed by atoms with Crippen LogP contribution in [-0.4, -0.2) is 36.9 Å². The van der Waals surface area contributed by atoms with Crippen molar-refractivity contribution >= 4 is 29.1 Å². The molecular weight excluding hydrogens is 325 g/mol. The van der Waals surface area contributed by atoms with E-state index in [0.29, 0.717) is 29.8 Å². The third-order valence-electron chi connectivity index (χ3n) is 4.28. The fourth-order valence-electron chi connectivity index (χ4n) is 3.07. The lowest BCUT2D eigenvalue weighted by atomic mass is 9.93. The number of rotatable bonds is 2. The highest BCUT2D eigenvalue weighted by Crippen LogP contribution is 2.35. The van der Waals surface area contributed by atoms with E-state index >= 15 is 0 Å². The van der Waals surface area contributed by atoms with E-state index in [0.717, 1.165) is 24.0 Å². The largest absolute Gasteiger partial charge is 0.352 e. The first-order chi connectivity index (χ1) is 10.6. The molecule has 0 radical (unpaired) electrons. The fraction of sp³-hybridized carbons (Fsp3) is 0.562. The number of ether oxygens (including phenoxy) is 2. The molecule has 1 atom stereocenters. The van der Waals surface area contributed by atoms with Crippen molar-refractivity contribution in [2.75, 3.05) is 19.8 Å². The van der Waals surface area contributed by atoms with E-state index < -0.39 is 6.29 Å². The highest BCUT2D eigenvalue weighted by Gasteiger charge is 2.30. The molecule has 1 saturated heterocycles. The Bertz CT molecular complexity index is 573. The lowest BCUT2D eigenvalue weighted by Crippen LogP contribution is -2.41. The van der Waals surface area contributed by atoms with Gasteiger partial charge in [-0.05, 0) is 43.0 Å². The number of nitrogens with zero attached hydrogens (tertiary/aromatic N) is 1. The first-order valence-electron chi connectivity index (χ1n) is 7.56. The van der Waals surface area contributed by atoms with Gasteiger partial charge in [-0.2, -0.15) is 0 Å². The van der Waals surface area contributed by atoms with E-state index in [-0.39, 0.29) is 18.4 Å². The van der Waals surface area contributed by atoms with E-state index in [1.807, 2.05) is 24.0 Å². The van der Waals surface area contributed by atoms with Gasteiger partial charge in [-0.3, -0.25) is 4.79 Å². The van der Waals surface area contributed by atoms with Crippen molar-refractivity contribution < 1.29 is 14.3 Å². The minimum atomic E-state index is -0.413. The summed E-state index contributed by atoms with van der Waals surface area (Å²) in [6.07, 6.45) is 1.52. The Hall–Kier alpha value is -0.810. The van der Waals surface area contributed by atoms with Gasteiger partial charge >= 0.3 is 0 Å². The van der Waals surface area contributed by atoms with Gasteiger partial charge in [0.15, 0.2) is 6.29 Å². The molecule has 1 amide bonds. The maximum atomic E-state index is 12.5. The summed E-state index contributed by atoms with van der Waals surface area (Å²) < 4.78 is 10.9. The van der Waals surface area contributed by atoms with Crippen LogP contribution in [0.1, 0.15) is 36.9 Å². The van der Waals surface area contributed by atoms with Crippen molar-refractivity contribution in [3.63, 3.8) is 0 Å². The van der Waals surface area contributed by atoms with Crippen LogP contribution in [0, 0.1) is 0 Å². The molecule has 120 valence electrons. The minimum Gasteiger partial charge on any atom is -0.352 e. The van der Waals surface area contributed by atoms with Crippen LogP contribution in [0.2, 0.25) is 10.0 Å². The molecule has 1 aromatic carbocycles. The Labute approximate surface area is 140 Å². The quantitative estimate of drug-likeness (QED) is 0.823. The monoisotopic (exact) mass is 343 g/mol. The van der Waals surface area contributed by atoms with Crippen molar-refractivity contribution in [2.24, 2.45) is 0 Å². The summed E-state index contributed by atoms with van der Waals surface area (Å²) in [5.41, 5.74) is 2.23. The smallest absolute Gasteiger partial charge is 0.228 e. The van der Waals surface area contributed by atoms with Crippen LogP contribution < -0.4 is 0 Å². The Morgan fingerprint density at radius 3 is 2.68 bits per heavy atom. The van der Waals surface area contributed by atoms with Crippen LogP contribution in [0.4, 0.5) is 0 Å². The molecular formula is C16H19Cl2NO3. The molecule has 0 bridgehead atoms. The Kier molecular flexibility index (Phi) is 4.93. The van der Waals surface area contributed by atoms with Gasteiger partial charge in [-0.25, -0.2) is 0 Å². The zero-order valence-corrected chi connectivity index (χ0v) is 14.0. The Balaban J connectivity index is 1.72. The van der Waals surface area contributed by atoms with Crippen molar-refractivity contribution in [2.45, 2.75) is 38.5 Å². The number of benzene rings is 1. The summed E-state index contributed by atoms with van der Waals surface area (Å²) in [4.78, 5) is 14.4. The van der Waals surface area contributed by atoms with Crippen LogP contribution >= 0.6 is 23.2 Å². The van der Waals surface area contributed by atoms with Gasteiger partial charge in [-0.1, -0.05) is 23.2 Å². The predicted molar refractivity (Wildman–Crippen MR) is 85.2 cm³/mol. The number of halogens is 2. The molecule has 2 aliphatic heterocycles. The molecule has 0 aliphatic carbocycles. The number of amides is 1. The Morgan fingerprint density at radius 2 is 1.95 bits per heavy atom. The average molecular weight is 344 g/mol. The van der Waals surface area contributed by atoms with E-state index in [4.69, 9.17) is 32.7 Å². The van der Waals surface area contributed by atoms with Crippen molar-refractivity contribution in [3.8, 4) is 0 Å². The molecule has 2 aliphatic rings. The summed E-state index contributed by atoms with van der Waals surface area (Å²) >= 11 is 12.2. The van der Waals surface area contributed by atoms with E-state index in [1.165, 1.54) is 0 Å². The number of fused-ring (bicyclic) bond motifs is 1. The Morgan fingerprint density at radius 1 is 1.27 bits per heavy atom. The second-order valence-electron chi connectivity index (χ2n) is 5.71. The van der Waals surface area contributed by atoms with Crippen LogP contribution in [0.25, 0.3) is 0 Å². The van der Waals surface area contributed by atoms with Gasteiger partial charge in [0.1, 0.15) is 0 Å². The summed E-state index contributed by atoms with van der Waals surface area (Å²) in [5, 5.41) is 1.09. The molecule has 22 heavy (non-hydrogen) atoms. The molecule has 1 aromatic rings. The first kappa shape index (κ1) is 16.1. The third-order valence-corrected chi connectivity index (χ3v) is 5.00. The van der Waals surface area contributed by atoms with Gasteiger partial charge in [0, 0.05) is 6.54 Å². The van der Waals surface area contributed by atoms with E-state index in [1.54, 1.807) is 0 Å². The number of carbonyl (C=O) groups excluding carboxylic acids is 1. The summed E-state index contributed by atoms with van der Waals surface area (Å²) in [7, 11) is 0. The maximum absolute atomic E-state index is 12.5. The molecule has 6 heteroatoms. The van der Waals surface area contributed by atoms with Crippen LogP contribution in [0.15, 0.2) is 12.1 Å². The van der Waals surface area contributed by atoms with E-state index in [2.05, 4.69) is 0 Å². The highest BCUT2D eigenvalue weighted by atomic mass is 35.5. The van der Waals surface area contributed by atoms with Gasteiger partial charge in [0.25, 0.3) is 0 Å². The van der Waals surface area contributed by atoms with Gasteiger partial charge < -0.3 is 14.4 Å². The fourth-order valence-corrected chi connectivity index (χ4v) is 3.42. The molecule has 0 spiro atoms. The van der Waals surface area contributed by atoms with Crippen LogP contribution in [0.3, 0.4) is 0 Å². The predicted octanol–water partition coefficient (Wildman–Crippen LogP) is 3.59. The van der Waals surface area contributed by atoms with E-state index in [9.17, 15) is 4.79 Å². The molecule has 1 fully saturated rings. The van der Waals surface area contributed by atoms with Crippen LogP contribution in [0.5, 0.6) is 0 Å². The molecule has 0 aromatic heterocycles. The molecule has 4 nitrogen and oxygen atoms in total. The summed E-state index contributed by atoms with van der Waals surface area (Å²) in [6.45, 7) is 4.01. The topological polar surface area (TPSA) is 38.8 Å². The number of hydrogen-bond donors (Lipinski definition) is 0. The van der Waals surface area contributed by atoms with Crippen LogP contribution in [-0.2, 0) is 20.7 Å². The molecule has 2 heterocycles. The standard InChI is InChI=1S/C16H19Cl2NO3/c1-10-12-8-14(18)13(17)7-11(12)3-4-19(10)15(20)9-16-21-5-2-6-22-16/h7-8,10,16H,2-6,9H2,1H3/t10-/m0/s1. The second-order valence-corrected chi connectivity index (χ2v) is 6.52. The lowest BCUT2D eigenvalue weighted by Gasteiger charge is -2.36. The molecule has 0 N–H and O–H groups in total. The zero-order chi connectivity index (χ0) is 15.7. The SMILES string of the molecule is C[C@H]1c2cc(Cl)c(Cl)cc2CCN1C(=O)CC1OCCCO1. The number of carbonyl (C=O) groups is 1. The van der Waals surface area contributed by atoms with Gasteiger partial charge in [0.2, 0.25) is 5.91 Å². The van der Waals surface area contributed by atoms with Gasteiger partial charge in [0.05, 0.1) is 35.7 Å². The first-order valence-corrected chi connectivity index (χ1v) is 8.32. The molecule has 0 saturated carbocycles. The van der Waals surface area contributed by atoms with Crippen molar-refractivity contribution in [3.05, 3.63) is 33.3 Å². The number of hydrogen-bond acceptors (Lipinski definition) is 3. The highest BCUT2D eigenvalue weighted by molar-refractivity contribution is 6.42. The summed E-state index contributed by atoms with van der Waals surface area (Å²) in [5.74, 6) is 0.0520. The lowest BCUT2D eigenvalue weighted by molar-refractivity contribution is -0.187. The molecule has 3 rings (SSSR count). The van der Waals surface area contributed by atoms with Crippen molar-refractivity contribution in [1.29, 1.82) is 0 Å². The third kappa shape index (κ3) is 3.25. The normalized spacial score (nSPS) is 22.5. The minimum absolute atomic E-state index is 0.0189. The van der Waals surface area contributed by atoms with Crippen molar-refractivity contribution in [1.82, 2.24) is 4.90 Å². The molecule has 0 unspecified atom stereocenters. The second kappa shape index (κ2) is 6.75. The van der Waals surface area contributed by atoms with Gasteiger partial charge in [-0.15, -0.1) is 0 Å². The average Bonchev–Trinajstić information content (AvgIpc) is 2.50. The summed E-state index contributed by atoms with van der Waals surface area (Å²) in [6, 6.07) is 3.76. The maximum Gasteiger partial charge on any atom is 0.228 e.